The third-order valence-electron chi connectivity index (χ3n) is 9.18. The van der Waals surface area contributed by atoms with E-state index < -0.39 is 5.79 Å². The molecule has 2 unspecified atom stereocenters. The molecule has 0 radical (unpaired) electrons. The number of hydrogen-bond acceptors (Lipinski definition) is 10. The zero-order valence-corrected chi connectivity index (χ0v) is 28.6. The van der Waals surface area contributed by atoms with Crippen LogP contribution in [0.2, 0.25) is 0 Å². The summed E-state index contributed by atoms with van der Waals surface area (Å²) >= 11 is 1.60. The van der Waals surface area contributed by atoms with E-state index in [1.165, 1.54) is 16.7 Å². The van der Waals surface area contributed by atoms with Crippen LogP contribution in [0.3, 0.4) is 0 Å². The highest BCUT2D eigenvalue weighted by atomic mass is 32.1. The van der Waals surface area contributed by atoms with Crippen LogP contribution in [0.5, 0.6) is 5.75 Å². The van der Waals surface area contributed by atoms with Crippen molar-refractivity contribution in [2.75, 3.05) is 49.2 Å². The Morgan fingerprint density at radius 3 is 2.24 bits per heavy atom. The molecule has 6 aromatic rings. The maximum absolute atomic E-state index is 13.0. The predicted octanol–water partition coefficient (Wildman–Crippen LogP) is 4.49. The van der Waals surface area contributed by atoms with Crippen LogP contribution in [-0.2, 0) is 35.3 Å². The molecule has 2 aliphatic rings. The summed E-state index contributed by atoms with van der Waals surface area (Å²) in [7, 11) is 1.70. The molecule has 0 spiro atoms. The standard InChI is InChI=1S/C37H38N8O4S/c1-41-36(46)45(35(40-41)22-28-6-3-2-4-7-28)31-11-9-29(10-12-31)42-17-19-43(20-18-42)30-13-15-32(16-14-30)47-23-33-24-48-37(49-33,34-8-5-21-50-34)25-44-27-38-26-39-44/h2-16,21,26-27,33H,17-20,22-25H2,1H3. The lowest BCUT2D eigenvalue weighted by atomic mass is 10.1. The lowest BCUT2D eigenvalue weighted by Gasteiger charge is -2.37. The van der Waals surface area contributed by atoms with Crippen molar-refractivity contribution in [1.29, 1.82) is 0 Å². The number of benzene rings is 3. The summed E-state index contributed by atoms with van der Waals surface area (Å²) in [6.07, 6.45) is 3.54. The number of aryl methyl sites for hydroxylation is 1. The molecule has 50 heavy (non-hydrogen) atoms. The van der Waals surface area contributed by atoms with Crippen LogP contribution in [0.1, 0.15) is 16.3 Å². The van der Waals surface area contributed by atoms with E-state index in [0.29, 0.717) is 26.2 Å². The van der Waals surface area contributed by atoms with Crippen molar-refractivity contribution >= 4 is 22.7 Å². The van der Waals surface area contributed by atoms with Gasteiger partial charge in [0.05, 0.1) is 17.2 Å². The molecule has 3 aromatic heterocycles. The molecular weight excluding hydrogens is 653 g/mol. The summed E-state index contributed by atoms with van der Waals surface area (Å²) in [5.41, 5.74) is 4.09. The van der Waals surface area contributed by atoms with Crippen molar-refractivity contribution in [3.63, 3.8) is 0 Å². The fourth-order valence-electron chi connectivity index (χ4n) is 6.61. The minimum atomic E-state index is -0.908. The van der Waals surface area contributed by atoms with Crippen molar-refractivity contribution in [3.8, 4) is 11.4 Å². The Labute approximate surface area is 293 Å². The molecular formula is C37H38N8O4S. The molecule has 0 aliphatic carbocycles. The minimum absolute atomic E-state index is 0.148. The van der Waals surface area contributed by atoms with Crippen molar-refractivity contribution < 1.29 is 14.2 Å². The maximum Gasteiger partial charge on any atom is 0.350 e. The monoisotopic (exact) mass is 690 g/mol. The van der Waals surface area contributed by atoms with Crippen LogP contribution < -0.4 is 20.2 Å². The molecule has 2 fully saturated rings. The Balaban J connectivity index is 0.848. The summed E-state index contributed by atoms with van der Waals surface area (Å²) in [5, 5.41) is 10.8. The predicted molar refractivity (Wildman–Crippen MR) is 191 cm³/mol. The molecule has 0 bridgehead atoms. The zero-order chi connectivity index (χ0) is 33.9. The smallest absolute Gasteiger partial charge is 0.350 e. The van der Waals surface area contributed by atoms with Crippen molar-refractivity contribution in [1.82, 2.24) is 29.1 Å². The number of hydrogen-bond donors (Lipinski definition) is 0. The number of rotatable bonds is 11. The van der Waals surface area contributed by atoms with E-state index in [4.69, 9.17) is 14.2 Å². The van der Waals surface area contributed by atoms with Gasteiger partial charge in [-0.2, -0.15) is 10.2 Å². The Bertz CT molecular complexity index is 2040. The molecule has 2 saturated heterocycles. The molecule has 0 amide bonds. The maximum atomic E-state index is 13.0. The van der Waals surface area contributed by atoms with E-state index in [1.54, 1.807) is 34.0 Å². The van der Waals surface area contributed by atoms with Gasteiger partial charge in [-0.3, -0.25) is 0 Å². The minimum Gasteiger partial charge on any atom is -0.491 e. The van der Waals surface area contributed by atoms with E-state index in [9.17, 15) is 4.79 Å². The average molecular weight is 691 g/mol. The van der Waals surface area contributed by atoms with Gasteiger partial charge >= 0.3 is 5.69 Å². The fourth-order valence-corrected chi connectivity index (χ4v) is 7.42. The van der Waals surface area contributed by atoms with Gasteiger partial charge in [-0.25, -0.2) is 23.7 Å². The second-order valence-corrected chi connectivity index (χ2v) is 13.4. The molecule has 0 saturated carbocycles. The first-order valence-corrected chi connectivity index (χ1v) is 17.6. The van der Waals surface area contributed by atoms with Gasteiger partial charge in [0.25, 0.3) is 0 Å². The molecule has 3 aromatic carbocycles. The Hall–Kier alpha value is -5.24. The van der Waals surface area contributed by atoms with Crippen LogP contribution in [0, 0.1) is 0 Å². The average Bonchev–Trinajstić information content (AvgIpc) is 3.99. The SMILES string of the molecule is Cn1nc(Cc2ccccc2)n(-c2ccc(N3CCN(c4ccc(OCC5COC(Cn6cncn6)(c6cccs6)O5)cc4)CC3)cc2)c1=O. The summed E-state index contributed by atoms with van der Waals surface area (Å²) in [6, 6.07) is 30.6. The van der Waals surface area contributed by atoms with Crippen LogP contribution >= 0.6 is 11.3 Å². The van der Waals surface area contributed by atoms with Gasteiger partial charge in [0, 0.05) is 51.0 Å². The highest BCUT2D eigenvalue weighted by molar-refractivity contribution is 7.10. The van der Waals surface area contributed by atoms with Gasteiger partial charge in [-0.05, 0) is 65.5 Å². The number of ether oxygens (including phenoxy) is 3. The second kappa shape index (κ2) is 13.9. The van der Waals surface area contributed by atoms with Crippen molar-refractivity contribution in [3.05, 3.63) is 136 Å². The van der Waals surface area contributed by atoms with Crippen molar-refractivity contribution in [2.24, 2.45) is 7.05 Å². The quantitative estimate of drug-likeness (QED) is 0.195. The van der Waals surface area contributed by atoms with Gasteiger partial charge in [0.15, 0.2) is 0 Å². The molecule has 8 rings (SSSR count). The molecule has 5 heterocycles. The Morgan fingerprint density at radius 2 is 1.58 bits per heavy atom. The number of thiophene rings is 1. The van der Waals surface area contributed by atoms with E-state index in [2.05, 4.69) is 61.4 Å². The fraction of sp³-hybridized carbons (Fsp3) is 0.297. The third kappa shape index (κ3) is 6.67. The van der Waals surface area contributed by atoms with Crippen LogP contribution in [0.15, 0.2) is 114 Å². The first-order valence-electron chi connectivity index (χ1n) is 16.7. The van der Waals surface area contributed by atoms with E-state index in [-0.39, 0.29) is 11.8 Å². The summed E-state index contributed by atoms with van der Waals surface area (Å²) in [4.78, 5) is 22.8. The van der Waals surface area contributed by atoms with Crippen LogP contribution in [0.25, 0.3) is 5.69 Å². The highest BCUT2D eigenvalue weighted by Crippen LogP contribution is 2.38. The molecule has 256 valence electrons. The number of nitrogens with zero attached hydrogens (tertiary/aromatic N) is 8. The molecule has 2 aliphatic heterocycles. The van der Waals surface area contributed by atoms with E-state index in [1.807, 2.05) is 60.0 Å². The molecule has 13 heteroatoms. The molecule has 12 nitrogen and oxygen atoms in total. The lowest BCUT2D eigenvalue weighted by molar-refractivity contribution is -0.188. The largest absolute Gasteiger partial charge is 0.491 e. The molecule has 0 N–H and O–H groups in total. The van der Waals surface area contributed by atoms with Crippen LogP contribution in [-0.4, -0.2) is 74.6 Å². The second-order valence-electron chi connectivity index (χ2n) is 12.5. The summed E-state index contributed by atoms with van der Waals surface area (Å²) in [5.74, 6) is 0.605. The summed E-state index contributed by atoms with van der Waals surface area (Å²) in [6.45, 7) is 4.80. The zero-order valence-electron chi connectivity index (χ0n) is 27.7. The van der Waals surface area contributed by atoms with E-state index >= 15 is 0 Å². The lowest BCUT2D eigenvalue weighted by Crippen LogP contribution is -2.46. The highest BCUT2D eigenvalue weighted by Gasteiger charge is 2.45. The Morgan fingerprint density at radius 1 is 0.880 bits per heavy atom. The Kier molecular flexibility index (Phi) is 8.92. The van der Waals surface area contributed by atoms with Crippen molar-refractivity contribution in [2.45, 2.75) is 24.9 Å². The van der Waals surface area contributed by atoms with Crippen LogP contribution in [0.4, 0.5) is 11.4 Å². The third-order valence-corrected chi connectivity index (χ3v) is 10.2. The number of anilines is 2. The normalized spacial score (nSPS) is 19.3. The molecule has 2 atom stereocenters. The van der Waals surface area contributed by atoms with Gasteiger partial charge in [-0.1, -0.05) is 36.4 Å². The van der Waals surface area contributed by atoms with Gasteiger partial charge in [0.2, 0.25) is 5.79 Å². The van der Waals surface area contributed by atoms with Gasteiger partial charge in [0.1, 0.15) is 43.5 Å². The van der Waals surface area contributed by atoms with Gasteiger partial charge < -0.3 is 24.0 Å². The van der Waals surface area contributed by atoms with E-state index in [0.717, 1.165) is 59.6 Å². The number of piperazine rings is 1. The topological polar surface area (TPSA) is 105 Å². The van der Waals surface area contributed by atoms with Gasteiger partial charge in [-0.15, -0.1) is 11.3 Å². The summed E-state index contributed by atoms with van der Waals surface area (Å²) < 4.78 is 23.7. The number of aromatic nitrogens is 6. The first kappa shape index (κ1) is 32.0. The first-order chi connectivity index (χ1) is 24.5.